The Hall–Kier alpha value is -0.990. The zero-order valence-corrected chi connectivity index (χ0v) is 7.84. The third-order valence-corrected chi connectivity index (χ3v) is 2.19. The van der Waals surface area contributed by atoms with E-state index in [1.165, 1.54) is 5.57 Å². The average Bonchev–Trinajstić information content (AvgIpc) is 2.19. The summed E-state index contributed by atoms with van der Waals surface area (Å²) in [5.74, 6) is 0.937. The second kappa shape index (κ2) is 3.81. The van der Waals surface area contributed by atoms with Crippen molar-refractivity contribution >= 4 is 17.3 Å². The summed E-state index contributed by atoms with van der Waals surface area (Å²) in [5.41, 5.74) is 2.32. The molecule has 3 heteroatoms. The lowest BCUT2D eigenvalue weighted by molar-refractivity contribution is 0.357. The van der Waals surface area contributed by atoms with E-state index in [-0.39, 0.29) is 0 Å². The number of hydrogen-bond donors (Lipinski definition) is 1. The Morgan fingerprint density at radius 2 is 2.23 bits per heavy atom. The third-order valence-electron chi connectivity index (χ3n) is 2.06. The average molecular weight is 196 g/mol. The molecule has 1 aromatic carbocycles. The molecule has 1 N–H and O–H groups in total. The van der Waals surface area contributed by atoms with Gasteiger partial charge in [0.2, 0.25) is 0 Å². The smallest absolute Gasteiger partial charge is 0.127 e. The zero-order chi connectivity index (χ0) is 9.10. The van der Waals surface area contributed by atoms with Crippen LogP contribution in [0, 0.1) is 0 Å². The second-order valence-corrected chi connectivity index (χ2v) is 3.11. The summed E-state index contributed by atoms with van der Waals surface area (Å²) in [6.07, 6.45) is 2.04. The van der Waals surface area contributed by atoms with E-state index in [2.05, 4.69) is 4.84 Å². The molecule has 1 aliphatic rings. The number of para-hydroxylation sites is 1. The Morgan fingerprint density at radius 3 is 3.08 bits per heavy atom. The van der Waals surface area contributed by atoms with Crippen LogP contribution in [0.5, 0.6) is 5.75 Å². The number of hydrogen-bond acceptors (Lipinski definition) is 2. The first-order chi connectivity index (χ1) is 6.42. The standard InChI is InChI=1S/C10H10ClNO/c11-12-7-8-5-6-13-10-4-2-1-3-9(8)10/h1-5,12H,6-7H2. The molecule has 0 saturated heterocycles. The minimum atomic E-state index is 0.630. The van der Waals surface area contributed by atoms with Gasteiger partial charge in [0.15, 0.2) is 0 Å². The van der Waals surface area contributed by atoms with Crippen LogP contribution in [-0.4, -0.2) is 13.2 Å². The van der Waals surface area contributed by atoms with Gasteiger partial charge in [0.05, 0.1) is 0 Å². The fraction of sp³-hybridized carbons (Fsp3) is 0.200. The van der Waals surface area contributed by atoms with Gasteiger partial charge in [-0.3, -0.25) is 0 Å². The molecule has 0 atom stereocenters. The lowest BCUT2D eigenvalue weighted by Gasteiger charge is -2.17. The van der Waals surface area contributed by atoms with Crippen molar-refractivity contribution < 1.29 is 4.74 Å². The maximum absolute atomic E-state index is 5.47. The molecule has 68 valence electrons. The van der Waals surface area contributed by atoms with Gasteiger partial charge in [-0.2, -0.15) is 0 Å². The minimum absolute atomic E-state index is 0.630. The summed E-state index contributed by atoms with van der Waals surface area (Å²) in [6, 6.07) is 7.97. The van der Waals surface area contributed by atoms with E-state index in [0.29, 0.717) is 13.2 Å². The summed E-state index contributed by atoms with van der Waals surface area (Å²) in [5, 5.41) is 0. The Kier molecular flexibility index (Phi) is 2.52. The van der Waals surface area contributed by atoms with Crippen LogP contribution in [0.25, 0.3) is 5.57 Å². The van der Waals surface area contributed by atoms with Crippen LogP contribution in [0.1, 0.15) is 5.56 Å². The predicted octanol–water partition coefficient (Wildman–Crippen LogP) is 2.21. The van der Waals surface area contributed by atoms with Gasteiger partial charge >= 0.3 is 0 Å². The normalized spacial score (nSPS) is 14.4. The van der Waals surface area contributed by atoms with Gasteiger partial charge in [-0.25, -0.2) is 4.84 Å². The highest BCUT2D eigenvalue weighted by molar-refractivity contribution is 6.14. The fourth-order valence-electron chi connectivity index (χ4n) is 1.44. The SMILES string of the molecule is ClNCC1=CCOc2ccccc21. The Morgan fingerprint density at radius 1 is 1.38 bits per heavy atom. The highest BCUT2D eigenvalue weighted by atomic mass is 35.5. The van der Waals surface area contributed by atoms with Crippen LogP contribution >= 0.6 is 11.8 Å². The van der Waals surface area contributed by atoms with Gasteiger partial charge in [0.25, 0.3) is 0 Å². The molecule has 13 heavy (non-hydrogen) atoms. The van der Waals surface area contributed by atoms with Crippen molar-refractivity contribution in [3.05, 3.63) is 35.9 Å². The summed E-state index contributed by atoms with van der Waals surface area (Å²) in [4.78, 5) is 2.63. The van der Waals surface area contributed by atoms with E-state index >= 15 is 0 Å². The minimum Gasteiger partial charge on any atom is -0.489 e. The van der Waals surface area contributed by atoms with Gasteiger partial charge in [0.1, 0.15) is 12.4 Å². The van der Waals surface area contributed by atoms with Gasteiger partial charge in [-0.1, -0.05) is 18.2 Å². The zero-order valence-electron chi connectivity index (χ0n) is 7.09. The topological polar surface area (TPSA) is 21.3 Å². The number of fused-ring (bicyclic) bond motifs is 1. The van der Waals surface area contributed by atoms with Crippen molar-refractivity contribution in [2.75, 3.05) is 13.2 Å². The fourth-order valence-corrected chi connectivity index (χ4v) is 1.58. The molecule has 1 aromatic rings. The molecule has 0 radical (unpaired) electrons. The maximum Gasteiger partial charge on any atom is 0.127 e. The number of ether oxygens (including phenoxy) is 1. The molecule has 0 spiro atoms. The molecule has 0 unspecified atom stereocenters. The summed E-state index contributed by atoms with van der Waals surface area (Å²) in [7, 11) is 0. The van der Waals surface area contributed by atoms with Crippen LogP contribution in [0.3, 0.4) is 0 Å². The van der Waals surface area contributed by atoms with Crippen LogP contribution in [0.2, 0.25) is 0 Å². The Bertz CT molecular complexity index is 335. The van der Waals surface area contributed by atoms with Gasteiger partial charge in [0, 0.05) is 12.1 Å². The lowest BCUT2D eigenvalue weighted by Crippen LogP contribution is -2.11. The molecule has 0 amide bonds. The predicted molar refractivity (Wildman–Crippen MR) is 53.8 cm³/mol. The molecule has 0 aromatic heterocycles. The molecular formula is C10H10ClNO. The van der Waals surface area contributed by atoms with Crippen molar-refractivity contribution in [1.29, 1.82) is 0 Å². The molecule has 0 aliphatic carbocycles. The van der Waals surface area contributed by atoms with E-state index < -0.39 is 0 Å². The molecule has 2 rings (SSSR count). The van der Waals surface area contributed by atoms with E-state index in [1.54, 1.807) is 0 Å². The van der Waals surface area contributed by atoms with Crippen molar-refractivity contribution in [3.8, 4) is 5.75 Å². The van der Waals surface area contributed by atoms with Crippen LogP contribution in [-0.2, 0) is 0 Å². The molecule has 2 nitrogen and oxygen atoms in total. The van der Waals surface area contributed by atoms with Crippen LogP contribution in [0.15, 0.2) is 30.3 Å². The number of halogens is 1. The van der Waals surface area contributed by atoms with Gasteiger partial charge in [-0.15, -0.1) is 0 Å². The van der Waals surface area contributed by atoms with E-state index in [4.69, 9.17) is 16.5 Å². The van der Waals surface area contributed by atoms with Crippen LogP contribution < -0.4 is 9.57 Å². The number of rotatable bonds is 2. The Balaban J connectivity index is 2.36. The van der Waals surface area contributed by atoms with Crippen molar-refractivity contribution in [3.63, 3.8) is 0 Å². The van der Waals surface area contributed by atoms with Crippen LogP contribution in [0.4, 0.5) is 0 Å². The Labute approximate surface area is 82.3 Å². The molecule has 1 aliphatic heterocycles. The third kappa shape index (κ3) is 1.69. The largest absolute Gasteiger partial charge is 0.489 e. The molecular weight excluding hydrogens is 186 g/mol. The second-order valence-electron chi connectivity index (χ2n) is 2.85. The van der Waals surface area contributed by atoms with Crippen molar-refractivity contribution in [1.82, 2.24) is 4.84 Å². The highest BCUT2D eigenvalue weighted by Crippen LogP contribution is 2.28. The van der Waals surface area contributed by atoms with Crippen molar-refractivity contribution in [2.45, 2.75) is 0 Å². The molecule has 0 bridgehead atoms. The first kappa shape index (κ1) is 8.60. The molecule has 0 saturated carbocycles. The number of benzene rings is 1. The lowest BCUT2D eigenvalue weighted by atomic mass is 10.0. The van der Waals surface area contributed by atoms with E-state index in [9.17, 15) is 0 Å². The van der Waals surface area contributed by atoms with E-state index in [0.717, 1.165) is 11.3 Å². The summed E-state index contributed by atoms with van der Waals surface area (Å²) < 4.78 is 5.45. The van der Waals surface area contributed by atoms with Gasteiger partial charge in [-0.05, 0) is 29.5 Å². The van der Waals surface area contributed by atoms with E-state index in [1.807, 2.05) is 30.3 Å². The molecule has 1 heterocycles. The highest BCUT2D eigenvalue weighted by Gasteiger charge is 2.11. The molecule has 0 fully saturated rings. The monoisotopic (exact) mass is 195 g/mol. The quantitative estimate of drug-likeness (QED) is 0.731. The number of nitrogens with one attached hydrogen (secondary N) is 1. The first-order valence-corrected chi connectivity index (χ1v) is 4.54. The summed E-state index contributed by atoms with van der Waals surface area (Å²) >= 11 is 5.47. The first-order valence-electron chi connectivity index (χ1n) is 4.16. The van der Waals surface area contributed by atoms with Crippen molar-refractivity contribution in [2.24, 2.45) is 0 Å². The maximum atomic E-state index is 5.47. The van der Waals surface area contributed by atoms with Gasteiger partial charge < -0.3 is 4.74 Å². The summed E-state index contributed by atoms with van der Waals surface area (Å²) in [6.45, 7) is 1.30.